The summed E-state index contributed by atoms with van der Waals surface area (Å²) in [4.78, 5) is 17.3. The van der Waals surface area contributed by atoms with Crippen LogP contribution in [0.2, 0.25) is 0 Å². The average Bonchev–Trinajstić information content (AvgIpc) is 2.97. The lowest BCUT2D eigenvalue weighted by Crippen LogP contribution is -2.34. The van der Waals surface area contributed by atoms with Gasteiger partial charge in [0.1, 0.15) is 0 Å². The Labute approximate surface area is 127 Å². The lowest BCUT2D eigenvalue weighted by atomic mass is 10.0. The average molecular weight is 303 g/mol. The zero-order valence-corrected chi connectivity index (χ0v) is 12.7. The van der Waals surface area contributed by atoms with Gasteiger partial charge in [-0.15, -0.1) is 11.3 Å². The Morgan fingerprint density at radius 2 is 2.14 bits per heavy atom. The molecule has 0 amide bonds. The Kier molecular flexibility index (Phi) is 3.88. The Hall–Kier alpha value is -1.95. The van der Waals surface area contributed by atoms with Crippen molar-refractivity contribution in [3.05, 3.63) is 39.8 Å². The van der Waals surface area contributed by atoms with Crippen molar-refractivity contribution in [3.63, 3.8) is 0 Å². The van der Waals surface area contributed by atoms with Gasteiger partial charge >= 0.3 is 0 Å². The van der Waals surface area contributed by atoms with Crippen LogP contribution in [0.15, 0.2) is 29.6 Å². The van der Waals surface area contributed by atoms with Crippen LogP contribution in [0.1, 0.15) is 19.8 Å². The molecule has 0 radical (unpaired) electrons. The van der Waals surface area contributed by atoms with E-state index in [1.165, 1.54) is 25.0 Å². The summed E-state index contributed by atoms with van der Waals surface area (Å²) in [6.07, 6.45) is 2.50. The van der Waals surface area contributed by atoms with E-state index in [1.54, 1.807) is 23.5 Å². The van der Waals surface area contributed by atoms with Crippen molar-refractivity contribution in [1.29, 1.82) is 0 Å². The number of benzene rings is 1. The zero-order valence-electron chi connectivity index (χ0n) is 11.9. The molecule has 0 N–H and O–H groups in total. The molecule has 1 aliphatic heterocycles. The molecular formula is C15H17N3O2S. The van der Waals surface area contributed by atoms with Gasteiger partial charge in [-0.3, -0.25) is 10.1 Å². The third-order valence-corrected chi connectivity index (χ3v) is 4.69. The molecule has 2 aromatic rings. The fourth-order valence-electron chi connectivity index (χ4n) is 2.66. The maximum atomic E-state index is 10.7. The molecule has 1 fully saturated rings. The Bertz CT molecular complexity index is 639. The largest absolute Gasteiger partial charge is 0.348 e. The summed E-state index contributed by atoms with van der Waals surface area (Å²) in [7, 11) is 0. The minimum Gasteiger partial charge on any atom is -0.348 e. The predicted molar refractivity (Wildman–Crippen MR) is 84.8 cm³/mol. The van der Waals surface area contributed by atoms with Crippen molar-refractivity contribution in [2.75, 3.05) is 18.0 Å². The van der Waals surface area contributed by atoms with Crippen molar-refractivity contribution in [2.24, 2.45) is 5.92 Å². The number of nitro groups is 1. The maximum Gasteiger partial charge on any atom is 0.269 e. The maximum absolute atomic E-state index is 10.7. The van der Waals surface area contributed by atoms with E-state index < -0.39 is 0 Å². The highest BCUT2D eigenvalue weighted by Gasteiger charge is 2.19. The van der Waals surface area contributed by atoms with Crippen molar-refractivity contribution in [3.8, 4) is 11.3 Å². The van der Waals surface area contributed by atoms with Crippen molar-refractivity contribution in [2.45, 2.75) is 19.8 Å². The van der Waals surface area contributed by atoms with E-state index in [0.29, 0.717) is 5.92 Å². The highest BCUT2D eigenvalue weighted by atomic mass is 32.1. The first-order valence-electron chi connectivity index (χ1n) is 7.09. The third kappa shape index (κ3) is 3.05. The summed E-state index contributed by atoms with van der Waals surface area (Å²) in [5.74, 6) is 0.713. The van der Waals surface area contributed by atoms with Crippen LogP contribution in [0.3, 0.4) is 0 Å². The molecule has 0 saturated carbocycles. The molecular weight excluding hydrogens is 286 g/mol. The summed E-state index contributed by atoms with van der Waals surface area (Å²) in [5, 5.41) is 13.7. The molecule has 0 bridgehead atoms. The number of nitrogens with zero attached hydrogens (tertiary/aromatic N) is 3. The second-order valence-electron chi connectivity index (χ2n) is 5.51. The number of nitro benzene ring substituents is 1. The summed E-state index contributed by atoms with van der Waals surface area (Å²) in [5.41, 5.74) is 1.93. The van der Waals surface area contributed by atoms with E-state index in [0.717, 1.165) is 29.5 Å². The number of piperidine rings is 1. The lowest BCUT2D eigenvalue weighted by Gasteiger charge is -2.30. The van der Waals surface area contributed by atoms with E-state index in [9.17, 15) is 10.1 Å². The van der Waals surface area contributed by atoms with Gasteiger partial charge in [-0.25, -0.2) is 4.98 Å². The number of hydrogen-bond acceptors (Lipinski definition) is 5. The van der Waals surface area contributed by atoms with Gasteiger partial charge in [-0.05, 0) is 30.9 Å². The first kappa shape index (κ1) is 14.0. The SMILES string of the molecule is CC1CCCN(c2nc(-c3ccc([N+](=O)[O-])cc3)cs2)C1. The minimum atomic E-state index is -0.384. The van der Waals surface area contributed by atoms with Crippen LogP contribution in [0.5, 0.6) is 0 Å². The standard InChI is InChI=1S/C15H17N3O2S/c1-11-3-2-8-17(9-11)15-16-14(10-21-15)12-4-6-13(7-5-12)18(19)20/h4-7,10-11H,2-3,8-9H2,1H3. The Morgan fingerprint density at radius 3 is 2.81 bits per heavy atom. The normalized spacial score (nSPS) is 18.7. The van der Waals surface area contributed by atoms with Crippen LogP contribution >= 0.6 is 11.3 Å². The minimum absolute atomic E-state index is 0.110. The molecule has 1 aromatic carbocycles. The molecule has 3 rings (SSSR count). The van der Waals surface area contributed by atoms with Gasteiger partial charge in [0, 0.05) is 36.2 Å². The predicted octanol–water partition coefficient (Wildman–Crippen LogP) is 3.95. The highest BCUT2D eigenvalue weighted by molar-refractivity contribution is 7.14. The highest BCUT2D eigenvalue weighted by Crippen LogP contribution is 2.30. The van der Waals surface area contributed by atoms with Gasteiger partial charge < -0.3 is 4.90 Å². The van der Waals surface area contributed by atoms with E-state index >= 15 is 0 Å². The molecule has 1 atom stereocenters. The molecule has 0 spiro atoms. The van der Waals surface area contributed by atoms with Crippen LogP contribution < -0.4 is 4.90 Å². The number of anilines is 1. The van der Waals surface area contributed by atoms with Crippen molar-refractivity contribution in [1.82, 2.24) is 4.98 Å². The summed E-state index contributed by atoms with van der Waals surface area (Å²) < 4.78 is 0. The summed E-state index contributed by atoms with van der Waals surface area (Å²) in [6.45, 7) is 4.40. The van der Waals surface area contributed by atoms with Crippen LogP contribution in [0, 0.1) is 16.0 Å². The molecule has 1 aliphatic rings. The second kappa shape index (κ2) is 5.81. The quantitative estimate of drug-likeness (QED) is 0.636. The molecule has 1 saturated heterocycles. The number of thiazole rings is 1. The smallest absolute Gasteiger partial charge is 0.269 e. The Balaban J connectivity index is 1.79. The summed E-state index contributed by atoms with van der Waals surface area (Å²) >= 11 is 1.64. The van der Waals surface area contributed by atoms with Crippen molar-refractivity contribution < 1.29 is 4.92 Å². The number of non-ortho nitro benzene ring substituents is 1. The van der Waals surface area contributed by atoms with E-state index in [-0.39, 0.29) is 10.6 Å². The second-order valence-corrected chi connectivity index (χ2v) is 6.35. The number of hydrogen-bond donors (Lipinski definition) is 0. The van der Waals surface area contributed by atoms with Gasteiger partial charge in [0.25, 0.3) is 5.69 Å². The molecule has 5 nitrogen and oxygen atoms in total. The Morgan fingerprint density at radius 1 is 1.38 bits per heavy atom. The molecule has 0 aliphatic carbocycles. The molecule has 2 heterocycles. The number of rotatable bonds is 3. The first-order chi connectivity index (χ1) is 10.1. The summed E-state index contributed by atoms with van der Waals surface area (Å²) in [6, 6.07) is 6.57. The van der Waals surface area contributed by atoms with Gasteiger partial charge in [0.2, 0.25) is 0 Å². The molecule has 1 aromatic heterocycles. The van der Waals surface area contributed by atoms with Gasteiger partial charge in [-0.2, -0.15) is 0 Å². The zero-order chi connectivity index (χ0) is 14.8. The van der Waals surface area contributed by atoms with Crippen molar-refractivity contribution >= 4 is 22.2 Å². The lowest BCUT2D eigenvalue weighted by molar-refractivity contribution is -0.384. The molecule has 1 unspecified atom stereocenters. The van der Waals surface area contributed by atoms with E-state index in [2.05, 4.69) is 16.8 Å². The molecule has 110 valence electrons. The number of aromatic nitrogens is 1. The van der Waals surface area contributed by atoms with Crippen LogP contribution in [0.4, 0.5) is 10.8 Å². The molecule has 6 heteroatoms. The first-order valence-corrected chi connectivity index (χ1v) is 7.97. The van der Waals surface area contributed by atoms with Gasteiger partial charge in [-0.1, -0.05) is 6.92 Å². The molecule has 21 heavy (non-hydrogen) atoms. The third-order valence-electron chi connectivity index (χ3n) is 3.79. The van der Waals surface area contributed by atoms with E-state index in [4.69, 9.17) is 0 Å². The monoisotopic (exact) mass is 303 g/mol. The van der Waals surface area contributed by atoms with Gasteiger partial charge in [0.05, 0.1) is 10.6 Å². The van der Waals surface area contributed by atoms with Crippen LogP contribution in [-0.4, -0.2) is 23.0 Å². The topological polar surface area (TPSA) is 59.3 Å². The fourth-order valence-corrected chi connectivity index (χ4v) is 3.53. The van der Waals surface area contributed by atoms with E-state index in [1.807, 2.05) is 5.38 Å². The fraction of sp³-hybridized carbons (Fsp3) is 0.400. The van der Waals surface area contributed by atoms with Crippen LogP contribution in [-0.2, 0) is 0 Å². The van der Waals surface area contributed by atoms with Crippen LogP contribution in [0.25, 0.3) is 11.3 Å². The van der Waals surface area contributed by atoms with Gasteiger partial charge in [0.15, 0.2) is 5.13 Å².